The number of aliphatic hydroxyl groups is 3. The first-order chi connectivity index (χ1) is 12.3. The number of aliphatic carboxylic acids is 1. The lowest BCUT2D eigenvalue weighted by Crippen LogP contribution is -2.53. The van der Waals surface area contributed by atoms with E-state index < -0.39 is 42.9 Å². The van der Waals surface area contributed by atoms with Gasteiger partial charge in [0.1, 0.15) is 24.4 Å². The summed E-state index contributed by atoms with van der Waals surface area (Å²) in [6.45, 7) is 1.54. The fourth-order valence-corrected chi connectivity index (χ4v) is 3.14. The van der Waals surface area contributed by atoms with Gasteiger partial charge in [0.15, 0.2) is 11.5 Å². The molecule has 1 aromatic rings. The van der Waals surface area contributed by atoms with E-state index in [-0.39, 0.29) is 28.4 Å². The SMILES string of the molecule is COc1cc(CC(=O)O)c([C@H]2O[C@@H](C)[C@@H](O)[C@@H](O)[C@@H]2O)c(OC)c1OC. The Labute approximate surface area is 150 Å². The minimum atomic E-state index is -1.50. The molecular formula is C17H24O9. The molecule has 0 unspecified atom stereocenters. The van der Waals surface area contributed by atoms with Gasteiger partial charge in [0.25, 0.3) is 0 Å². The van der Waals surface area contributed by atoms with Crippen molar-refractivity contribution in [1.29, 1.82) is 0 Å². The van der Waals surface area contributed by atoms with Crippen LogP contribution in [0.3, 0.4) is 0 Å². The summed E-state index contributed by atoms with van der Waals surface area (Å²) in [4.78, 5) is 11.3. The first-order valence-electron chi connectivity index (χ1n) is 7.99. The highest BCUT2D eigenvalue weighted by atomic mass is 16.5. The number of methoxy groups -OCH3 is 3. The number of carboxylic acid groups (broad SMARTS) is 1. The van der Waals surface area contributed by atoms with Gasteiger partial charge in [0.2, 0.25) is 5.75 Å². The Morgan fingerprint density at radius 2 is 1.65 bits per heavy atom. The van der Waals surface area contributed by atoms with Crippen molar-refractivity contribution in [3.05, 3.63) is 17.2 Å². The lowest BCUT2D eigenvalue weighted by Gasteiger charge is -2.40. The Kier molecular flexibility index (Phi) is 6.30. The summed E-state index contributed by atoms with van der Waals surface area (Å²) in [6, 6.07) is 1.46. The Hall–Kier alpha value is -2.07. The summed E-state index contributed by atoms with van der Waals surface area (Å²) < 4.78 is 21.6. The van der Waals surface area contributed by atoms with Crippen molar-refractivity contribution in [3.63, 3.8) is 0 Å². The molecule has 0 radical (unpaired) electrons. The van der Waals surface area contributed by atoms with Crippen LogP contribution in [0.1, 0.15) is 24.2 Å². The van der Waals surface area contributed by atoms with Crippen LogP contribution in [0.5, 0.6) is 17.2 Å². The molecule has 0 spiro atoms. The quantitative estimate of drug-likeness (QED) is 0.539. The van der Waals surface area contributed by atoms with E-state index in [0.717, 1.165) is 0 Å². The monoisotopic (exact) mass is 372 g/mol. The van der Waals surface area contributed by atoms with E-state index in [4.69, 9.17) is 18.9 Å². The van der Waals surface area contributed by atoms with Gasteiger partial charge >= 0.3 is 5.97 Å². The largest absolute Gasteiger partial charge is 0.493 e. The molecule has 1 aromatic carbocycles. The Morgan fingerprint density at radius 1 is 1.04 bits per heavy atom. The summed E-state index contributed by atoms with van der Waals surface area (Å²) in [7, 11) is 4.14. The van der Waals surface area contributed by atoms with Crippen molar-refractivity contribution in [1.82, 2.24) is 0 Å². The molecule has 1 heterocycles. The molecule has 0 aromatic heterocycles. The van der Waals surface area contributed by atoms with Gasteiger partial charge in [-0.2, -0.15) is 0 Å². The summed E-state index contributed by atoms with van der Waals surface area (Å²) >= 11 is 0. The zero-order valence-electron chi connectivity index (χ0n) is 15.0. The van der Waals surface area contributed by atoms with E-state index in [9.17, 15) is 25.2 Å². The minimum Gasteiger partial charge on any atom is -0.493 e. The molecule has 0 saturated carbocycles. The van der Waals surface area contributed by atoms with Gasteiger partial charge in [0.05, 0.1) is 33.9 Å². The molecule has 9 heteroatoms. The van der Waals surface area contributed by atoms with Crippen LogP contribution in [-0.2, 0) is 16.0 Å². The van der Waals surface area contributed by atoms with Crippen molar-refractivity contribution in [2.75, 3.05) is 21.3 Å². The molecule has 146 valence electrons. The average Bonchev–Trinajstić information content (AvgIpc) is 2.61. The topological polar surface area (TPSA) is 135 Å². The predicted octanol–water partition coefficient (Wildman–Crippen LogP) is -0.118. The van der Waals surface area contributed by atoms with Crippen LogP contribution in [0, 0.1) is 0 Å². The molecule has 2 rings (SSSR count). The van der Waals surface area contributed by atoms with Crippen molar-refractivity contribution in [2.24, 2.45) is 0 Å². The van der Waals surface area contributed by atoms with Gasteiger partial charge < -0.3 is 39.4 Å². The Balaban J connectivity index is 2.69. The summed E-state index contributed by atoms with van der Waals surface area (Å²) in [5.74, 6) is -0.533. The van der Waals surface area contributed by atoms with E-state index in [1.807, 2.05) is 0 Å². The fourth-order valence-electron chi connectivity index (χ4n) is 3.14. The summed E-state index contributed by atoms with van der Waals surface area (Å²) in [6.07, 6.45) is -6.58. The van der Waals surface area contributed by atoms with Crippen LogP contribution in [0.15, 0.2) is 6.07 Å². The van der Waals surface area contributed by atoms with Gasteiger partial charge in [0, 0.05) is 5.56 Å². The Bertz CT molecular complexity index is 660. The minimum absolute atomic E-state index is 0.128. The predicted molar refractivity (Wildman–Crippen MR) is 88.7 cm³/mol. The van der Waals surface area contributed by atoms with E-state index in [1.54, 1.807) is 0 Å². The lowest BCUT2D eigenvalue weighted by atomic mass is 9.87. The van der Waals surface area contributed by atoms with Crippen LogP contribution in [-0.4, -0.2) is 72.1 Å². The van der Waals surface area contributed by atoms with Crippen LogP contribution >= 0.6 is 0 Å². The first kappa shape index (κ1) is 20.2. The molecule has 1 aliphatic rings. The number of benzene rings is 1. The van der Waals surface area contributed by atoms with Gasteiger partial charge in [-0.1, -0.05) is 0 Å². The van der Waals surface area contributed by atoms with Crippen LogP contribution in [0.2, 0.25) is 0 Å². The van der Waals surface area contributed by atoms with Crippen molar-refractivity contribution >= 4 is 5.97 Å². The zero-order chi connectivity index (χ0) is 19.6. The van der Waals surface area contributed by atoms with Crippen LogP contribution in [0.25, 0.3) is 0 Å². The third-order valence-electron chi connectivity index (χ3n) is 4.43. The van der Waals surface area contributed by atoms with Crippen LogP contribution in [0.4, 0.5) is 0 Å². The highest BCUT2D eigenvalue weighted by Crippen LogP contribution is 2.48. The maximum atomic E-state index is 11.3. The normalized spacial score (nSPS) is 28.5. The molecule has 1 saturated heterocycles. The second-order valence-electron chi connectivity index (χ2n) is 6.02. The number of hydrogen-bond donors (Lipinski definition) is 4. The first-order valence-corrected chi connectivity index (χ1v) is 7.99. The maximum Gasteiger partial charge on any atom is 0.307 e. The number of rotatable bonds is 6. The highest BCUT2D eigenvalue weighted by molar-refractivity contribution is 5.73. The molecule has 26 heavy (non-hydrogen) atoms. The molecule has 0 aliphatic carbocycles. The van der Waals surface area contributed by atoms with Crippen molar-refractivity contribution < 1.29 is 44.2 Å². The highest BCUT2D eigenvalue weighted by Gasteiger charge is 2.45. The van der Waals surface area contributed by atoms with E-state index >= 15 is 0 Å². The van der Waals surface area contributed by atoms with Gasteiger partial charge in [-0.05, 0) is 18.6 Å². The number of carbonyl (C=O) groups is 1. The van der Waals surface area contributed by atoms with E-state index in [2.05, 4.69) is 0 Å². The second kappa shape index (κ2) is 8.09. The lowest BCUT2D eigenvalue weighted by molar-refractivity contribution is -0.220. The summed E-state index contributed by atoms with van der Waals surface area (Å²) in [5, 5.41) is 39.7. The number of hydrogen-bond acceptors (Lipinski definition) is 8. The van der Waals surface area contributed by atoms with Crippen molar-refractivity contribution in [3.8, 4) is 17.2 Å². The van der Waals surface area contributed by atoms with Gasteiger partial charge in [-0.25, -0.2) is 0 Å². The van der Waals surface area contributed by atoms with Gasteiger partial charge in [-0.3, -0.25) is 4.79 Å². The second-order valence-corrected chi connectivity index (χ2v) is 6.02. The maximum absolute atomic E-state index is 11.3. The van der Waals surface area contributed by atoms with Gasteiger partial charge in [-0.15, -0.1) is 0 Å². The fraction of sp³-hybridized carbons (Fsp3) is 0.588. The average molecular weight is 372 g/mol. The number of aliphatic hydroxyl groups excluding tert-OH is 3. The Morgan fingerprint density at radius 3 is 2.15 bits per heavy atom. The van der Waals surface area contributed by atoms with Crippen molar-refractivity contribution in [2.45, 2.75) is 43.9 Å². The molecule has 4 N–H and O–H groups in total. The third kappa shape index (κ3) is 3.56. The molecule has 1 fully saturated rings. The number of carboxylic acids is 1. The molecule has 0 bridgehead atoms. The third-order valence-corrected chi connectivity index (χ3v) is 4.43. The van der Waals surface area contributed by atoms with E-state index in [0.29, 0.717) is 0 Å². The molecule has 1 aliphatic heterocycles. The summed E-state index contributed by atoms with van der Waals surface area (Å²) in [5.41, 5.74) is 0.490. The smallest absolute Gasteiger partial charge is 0.307 e. The molecular weight excluding hydrogens is 348 g/mol. The zero-order valence-corrected chi connectivity index (χ0v) is 15.0. The van der Waals surface area contributed by atoms with E-state index in [1.165, 1.54) is 34.3 Å². The van der Waals surface area contributed by atoms with Crippen LogP contribution < -0.4 is 14.2 Å². The number of ether oxygens (including phenoxy) is 4. The molecule has 5 atom stereocenters. The molecule has 9 nitrogen and oxygen atoms in total. The molecule has 0 amide bonds. The standard InChI is InChI=1S/C17H24O9/c1-7-12(20)13(21)14(22)16(26-7)11-8(6-10(18)19)5-9(23-2)15(24-3)17(11)25-4/h5,7,12-14,16,20-22H,6H2,1-4H3,(H,18,19)/t7-,12+,13+,14-,16+/m0/s1.